The summed E-state index contributed by atoms with van der Waals surface area (Å²) >= 11 is 1.92. The third kappa shape index (κ3) is 3.59. The first kappa shape index (κ1) is 16.8. The van der Waals surface area contributed by atoms with E-state index in [0.717, 1.165) is 49.8 Å². The largest absolute Gasteiger partial charge is 0.353 e. The van der Waals surface area contributed by atoms with Crippen LogP contribution in [0.15, 0.2) is 42.5 Å². The summed E-state index contributed by atoms with van der Waals surface area (Å²) in [5.41, 5.74) is 3.40. The van der Waals surface area contributed by atoms with E-state index in [9.17, 15) is 0 Å². The van der Waals surface area contributed by atoms with Crippen molar-refractivity contribution in [1.29, 1.82) is 0 Å². The highest BCUT2D eigenvalue weighted by Crippen LogP contribution is 2.28. The number of benzene rings is 1. The van der Waals surface area contributed by atoms with Crippen molar-refractivity contribution in [3.8, 4) is 11.3 Å². The molecule has 1 aliphatic heterocycles. The highest BCUT2D eigenvalue weighted by Gasteiger charge is 2.22. The standard InChI is InChI=1S/C21H23N5S/c1-2-5-16(6-3-1)17-9-10-20(24-23-17)26-13-11-25(12-14-26)15-21-22-18-7-4-8-19(18)27-21/h1-3,5-6,9-10H,4,7-8,11-15H2. The molecule has 0 radical (unpaired) electrons. The van der Waals surface area contributed by atoms with Crippen LogP contribution < -0.4 is 4.90 Å². The Morgan fingerprint density at radius 3 is 2.48 bits per heavy atom. The summed E-state index contributed by atoms with van der Waals surface area (Å²) in [7, 11) is 0. The maximum absolute atomic E-state index is 4.84. The van der Waals surface area contributed by atoms with Crippen molar-refractivity contribution in [2.75, 3.05) is 31.1 Å². The monoisotopic (exact) mass is 377 g/mol. The van der Waals surface area contributed by atoms with Gasteiger partial charge in [0, 0.05) is 36.6 Å². The molecule has 5 nitrogen and oxygen atoms in total. The zero-order valence-electron chi connectivity index (χ0n) is 15.3. The van der Waals surface area contributed by atoms with E-state index in [2.05, 4.69) is 44.3 Å². The van der Waals surface area contributed by atoms with Crippen LogP contribution in [0.3, 0.4) is 0 Å². The van der Waals surface area contributed by atoms with Crippen LogP contribution in [0.2, 0.25) is 0 Å². The quantitative estimate of drug-likeness (QED) is 0.697. The van der Waals surface area contributed by atoms with Crippen LogP contribution in [0.25, 0.3) is 11.3 Å². The van der Waals surface area contributed by atoms with Crippen molar-refractivity contribution in [1.82, 2.24) is 20.1 Å². The van der Waals surface area contributed by atoms with Crippen LogP contribution in [-0.2, 0) is 19.4 Å². The van der Waals surface area contributed by atoms with E-state index in [1.165, 1.54) is 34.8 Å². The Morgan fingerprint density at radius 2 is 1.74 bits per heavy atom. The van der Waals surface area contributed by atoms with Gasteiger partial charge < -0.3 is 4.90 Å². The molecule has 2 aliphatic rings. The lowest BCUT2D eigenvalue weighted by molar-refractivity contribution is 0.248. The lowest BCUT2D eigenvalue weighted by Gasteiger charge is -2.34. The third-order valence-corrected chi connectivity index (χ3v) is 6.56. The minimum absolute atomic E-state index is 0.926. The predicted octanol–water partition coefficient (Wildman–Crippen LogP) is 3.41. The van der Waals surface area contributed by atoms with Crippen LogP contribution in [0.4, 0.5) is 5.82 Å². The molecule has 5 rings (SSSR count). The van der Waals surface area contributed by atoms with Crippen molar-refractivity contribution >= 4 is 17.2 Å². The fourth-order valence-corrected chi connectivity index (χ4v) is 5.09. The van der Waals surface area contributed by atoms with Crippen LogP contribution in [-0.4, -0.2) is 46.3 Å². The van der Waals surface area contributed by atoms with E-state index < -0.39 is 0 Å². The molecule has 27 heavy (non-hydrogen) atoms. The Bertz CT molecular complexity index is 877. The number of aryl methyl sites for hydroxylation is 2. The van der Waals surface area contributed by atoms with Gasteiger partial charge in [0.15, 0.2) is 5.82 Å². The second kappa shape index (κ2) is 7.37. The molecule has 2 aromatic heterocycles. The van der Waals surface area contributed by atoms with Gasteiger partial charge in [0.05, 0.1) is 17.9 Å². The lowest BCUT2D eigenvalue weighted by Crippen LogP contribution is -2.46. The fourth-order valence-electron chi connectivity index (χ4n) is 3.89. The van der Waals surface area contributed by atoms with Crippen molar-refractivity contribution in [2.24, 2.45) is 0 Å². The summed E-state index contributed by atoms with van der Waals surface area (Å²) in [6.07, 6.45) is 3.70. The van der Waals surface area contributed by atoms with Gasteiger partial charge in [-0.1, -0.05) is 30.3 Å². The molecular weight excluding hydrogens is 354 g/mol. The number of hydrogen-bond acceptors (Lipinski definition) is 6. The van der Waals surface area contributed by atoms with Crippen molar-refractivity contribution in [3.05, 3.63) is 58.0 Å². The number of nitrogens with zero attached hydrogens (tertiary/aromatic N) is 5. The Labute approximate surface area is 163 Å². The summed E-state index contributed by atoms with van der Waals surface area (Å²) in [6, 6.07) is 14.4. The van der Waals surface area contributed by atoms with Gasteiger partial charge in [-0.25, -0.2) is 4.98 Å². The van der Waals surface area contributed by atoms with E-state index in [1.54, 1.807) is 0 Å². The number of aromatic nitrogens is 3. The minimum Gasteiger partial charge on any atom is -0.353 e. The molecule has 1 aliphatic carbocycles. The van der Waals surface area contributed by atoms with Crippen molar-refractivity contribution in [3.63, 3.8) is 0 Å². The van der Waals surface area contributed by atoms with Crippen LogP contribution in [0.1, 0.15) is 22.0 Å². The summed E-state index contributed by atoms with van der Waals surface area (Å²) in [5, 5.41) is 10.2. The summed E-state index contributed by atoms with van der Waals surface area (Å²) in [4.78, 5) is 11.2. The Morgan fingerprint density at radius 1 is 0.889 bits per heavy atom. The average molecular weight is 378 g/mol. The summed E-state index contributed by atoms with van der Waals surface area (Å²) < 4.78 is 0. The van der Waals surface area contributed by atoms with Gasteiger partial charge in [0.1, 0.15) is 5.01 Å². The van der Waals surface area contributed by atoms with E-state index in [-0.39, 0.29) is 0 Å². The van der Waals surface area contributed by atoms with Crippen LogP contribution in [0.5, 0.6) is 0 Å². The molecule has 0 bridgehead atoms. The molecule has 6 heteroatoms. The van der Waals surface area contributed by atoms with Gasteiger partial charge in [0.2, 0.25) is 0 Å². The molecule has 1 aromatic carbocycles. The third-order valence-electron chi connectivity index (χ3n) is 5.42. The molecule has 0 N–H and O–H groups in total. The number of piperazine rings is 1. The predicted molar refractivity (Wildman–Crippen MR) is 109 cm³/mol. The van der Waals surface area contributed by atoms with Gasteiger partial charge in [0.25, 0.3) is 0 Å². The van der Waals surface area contributed by atoms with Gasteiger partial charge in [-0.15, -0.1) is 21.5 Å². The van der Waals surface area contributed by atoms with E-state index in [0.29, 0.717) is 0 Å². The van der Waals surface area contributed by atoms with Crippen molar-refractivity contribution < 1.29 is 0 Å². The average Bonchev–Trinajstić information content (AvgIpc) is 3.31. The number of hydrogen-bond donors (Lipinski definition) is 0. The normalized spacial score (nSPS) is 17.3. The first-order valence-corrected chi connectivity index (χ1v) is 10.5. The van der Waals surface area contributed by atoms with Gasteiger partial charge in [-0.3, -0.25) is 4.90 Å². The topological polar surface area (TPSA) is 45.2 Å². The highest BCUT2D eigenvalue weighted by molar-refractivity contribution is 7.11. The van der Waals surface area contributed by atoms with E-state index in [1.807, 2.05) is 29.5 Å². The van der Waals surface area contributed by atoms with Gasteiger partial charge >= 0.3 is 0 Å². The molecular formula is C21H23N5S. The Balaban J connectivity index is 1.19. The molecule has 3 heterocycles. The minimum atomic E-state index is 0.926. The summed E-state index contributed by atoms with van der Waals surface area (Å²) in [5.74, 6) is 0.975. The number of anilines is 1. The van der Waals surface area contributed by atoms with Crippen LogP contribution in [0, 0.1) is 0 Å². The first-order valence-electron chi connectivity index (χ1n) is 9.69. The van der Waals surface area contributed by atoms with Crippen LogP contribution >= 0.6 is 11.3 Å². The first-order chi connectivity index (χ1) is 13.3. The zero-order chi connectivity index (χ0) is 18.1. The maximum Gasteiger partial charge on any atom is 0.151 e. The SMILES string of the molecule is c1ccc(-c2ccc(N3CCN(Cc4nc5c(s4)CCC5)CC3)nn2)cc1. The number of thiazole rings is 1. The molecule has 0 atom stereocenters. The van der Waals surface area contributed by atoms with Gasteiger partial charge in [-0.05, 0) is 31.4 Å². The van der Waals surface area contributed by atoms with E-state index in [4.69, 9.17) is 4.98 Å². The van der Waals surface area contributed by atoms with Gasteiger partial charge in [-0.2, -0.15) is 0 Å². The molecule has 138 valence electrons. The highest BCUT2D eigenvalue weighted by atomic mass is 32.1. The lowest BCUT2D eigenvalue weighted by atomic mass is 10.1. The maximum atomic E-state index is 4.84. The molecule has 0 amide bonds. The Hall–Kier alpha value is -2.31. The molecule has 0 spiro atoms. The zero-order valence-corrected chi connectivity index (χ0v) is 16.2. The summed E-state index contributed by atoms with van der Waals surface area (Å²) in [6.45, 7) is 5.07. The molecule has 1 fully saturated rings. The number of fused-ring (bicyclic) bond motifs is 1. The molecule has 0 saturated carbocycles. The van der Waals surface area contributed by atoms with Crippen molar-refractivity contribution in [2.45, 2.75) is 25.8 Å². The smallest absolute Gasteiger partial charge is 0.151 e. The fraction of sp³-hybridized carbons (Fsp3) is 0.381. The molecule has 0 unspecified atom stereocenters. The molecule has 1 saturated heterocycles. The second-order valence-corrected chi connectivity index (χ2v) is 8.41. The Kier molecular flexibility index (Phi) is 4.59. The van der Waals surface area contributed by atoms with E-state index >= 15 is 0 Å². The molecule has 3 aromatic rings. The number of rotatable bonds is 4. The second-order valence-electron chi connectivity index (χ2n) is 7.24.